The van der Waals surface area contributed by atoms with E-state index in [1.165, 1.54) is 18.4 Å². The Labute approximate surface area is 116 Å². The molecular formula is C11H18N4O4S. The molecule has 1 saturated heterocycles. The van der Waals surface area contributed by atoms with Crippen molar-refractivity contribution in [3.63, 3.8) is 0 Å². The number of aryl methyl sites for hydroxylation is 1. The molecular weight excluding hydrogens is 284 g/mol. The van der Waals surface area contributed by atoms with E-state index in [0.717, 1.165) is 15.3 Å². The van der Waals surface area contributed by atoms with Gasteiger partial charge in [-0.2, -0.15) is 4.31 Å². The van der Waals surface area contributed by atoms with E-state index < -0.39 is 21.3 Å². The number of nitrogens with one attached hydrogen (secondary N) is 1. The monoisotopic (exact) mass is 302 g/mol. The van der Waals surface area contributed by atoms with Crippen LogP contribution in [0.5, 0.6) is 0 Å². The van der Waals surface area contributed by atoms with E-state index in [0.29, 0.717) is 19.6 Å². The summed E-state index contributed by atoms with van der Waals surface area (Å²) in [4.78, 5) is 23.3. The Morgan fingerprint density at radius 2 is 1.95 bits per heavy atom. The number of hydrogen-bond donors (Lipinski definition) is 1. The van der Waals surface area contributed by atoms with Gasteiger partial charge in [0.2, 0.25) is 10.0 Å². The van der Waals surface area contributed by atoms with Crippen molar-refractivity contribution in [1.82, 2.24) is 18.8 Å². The first-order chi connectivity index (χ1) is 9.26. The molecule has 1 atom stereocenters. The second-order valence-electron chi connectivity index (χ2n) is 4.92. The van der Waals surface area contributed by atoms with Gasteiger partial charge in [0.25, 0.3) is 5.56 Å². The summed E-state index contributed by atoms with van der Waals surface area (Å²) in [7, 11) is -1.22. The van der Waals surface area contributed by atoms with Gasteiger partial charge in [-0.3, -0.25) is 9.36 Å². The highest BCUT2D eigenvalue weighted by Crippen LogP contribution is 2.15. The van der Waals surface area contributed by atoms with Gasteiger partial charge in [-0.1, -0.05) is 0 Å². The van der Waals surface area contributed by atoms with Crippen LogP contribution in [0.1, 0.15) is 6.92 Å². The average molecular weight is 302 g/mol. The van der Waals surface area contributed by atoms with Crippen LogP contribution in [0.25, 0.3) is 0 Å². The molecule has 0 aromatic carbocycles. The summed E-state index contributed by atoms with van der Waals surface area (Å²) in [6, 6.07) is -0.240. The zero-order valence-electron chi connectivity index (χ0n) is 11.7. The van der Waals surface area contributed by atoms with Crippen LogP contribution in [0, 0.1) is 0 Å². The highest BCUT2D eigenvalue weighted by molar-refractivity contribution is 7.89. The van der Waals surface area contributed by atoms with E-state index in [4.69, 9.17) is 0 Å². The quantitative estimate of drug-likeness (QED) is 0.686. The third kappa shape index (κ3) is 2.32. The van der Waals surface area contributed by atoms with Crippen molar-refractivity contribution < 1.29 is 8.42 Å². The van der Waals surface area contributed by atoms with Gasteiger partial charge in [0.05, 0.1) is 0 Å². The summed E-state index contributed by atoms with van der Waals surface area (Å²) < 4.78 is 28.4. The molecule has 0 amide bonds. The second kappa shape index (κ2) is 5.15. The number of rotatable bonds is 2. The average Bonchev–Trinajstić information content (AvgIpc) is 2.40. The van der Waals surface area contributed by atoms with Gasteiger partial charge >= 0.3 is 5.69 Å². The largest absolute Gasteiger partial charge is 0.330 e. The maximum absolute atomic E-state index is 12.6. The number of piperazine rings is 1. The molecule has 0 aliphatic carbocycles. The van der Waals surface area contributed by atoms with Crippen molar-refractivity contribution in [1.29, 1.82) is 0 Å². The lowest BCUT2D eigenvalue weighted by atomic mass is 10.3. The predicted octanol–water partition coefficient (Wildman–Crippen LogP) is -1.93. The fourth-order valence-electron chi connectivity index (χ4n) is 2.26. The lowest BCUT2D eigenvalue weighted by molar-refractivity contribution is 0.283. The lowest BCUT2D eigenvalue weighted by Crippen LogP contribution is -2.53. The molecule has 9 heteroatoms. The van der Waals surface area contributed by atoms with E-state index in [-0.39, 0.29) is 10.9 Å². The summed E-state index contributed by atoms with van der Waals surface area (Å²) >= 11 is 0. The molecule has 112 valence electrons. The normalized spacial score (nSPS) is 21.1. The molecule has 1 aliphatic heterocycles. The Morgan fingerprint density at radius 3 is 2.55 bits per heavy atom. The first-order valence-electron chi connectivity index (χ1n) is 6.26. The van der Waals surface area contributed by atoms with Gasteiger partial charge in [0.1, 0.15) is 0 Å². The summed E-state index contributed by atoms with van der Waals surface area (Å²) in [6.45, 7) is 3.15. The Hall–Kier alpha value is -1.45. The van der Waals surface area contributed by atoms with Crippen LogP contribution < -0.4 is 16.6 Å². The van der Waals surface area contributed by atoms with Crippen molar-refractivity contribution in [3.05, 3.63) is 27.0 Å². The van der Waals surface area contributed by atoms with Crippen molar-refractivity contribution in [3.8, 4) is 0 Å². The van der Waals surface area contributed by atoms with Gasteiger partial charge in [-0.05, 0) is 6.92 Å². The Morgan fingerprint density at radius 1 is 1.30 bits per heavy atom. The van der Waals surface area contributed by atoms with Crippen LogP contribution >= 0.6 is 0 Å². The molecule has 20 heavy (non-hydrogen) atoms. The number of sulfonamides is 1. The third-order valence-electron chi connectivity index (χ3n) is 3.44. The Balaban J connectivity index is 2.61. The number of hydrogen-bond acceptors (Lipinski definition) is 5. The summed E-state index contributed by atoms with van der Waals surface area (Å²) in [5.41, 5.74) is -1.35. The molecule has 1 fully saturated rings. The number of aromatic nitrogens is 2. The van der Waals surface area contributed by atoms with E-state index in [1.54, 1.807) is 6.92 Å². The van der Waals surface area contributed by atoms with E-state index in [9.17, 15) is 18.0 Å². The van der Waals surface area contributed by atoms with Crippen LogP contribution in [0.2, 0.25) is 0 Å². The summed E-state index contributed by atoms with van der Waals surface area (Å²) in [6.07, 6.45) is 1.09. The van der Waals surface area contributed by atoms with Gasteiger partial charge in [-0.15, -0.1) is 0 Å². The molecule has 2 rings (SSSR count). The fourth-order valence-corrected chi connectivity index (χ4v) is 4.04. The molecule has 0 saturated carbocycles. The first kappa shape index (κ1) is 14.9. The molecule has 2 heterocycles. The summed E-state index contributed by atoms with van der Waals surface area (Å²) in [5.74, 6) is 0. The van der Waals surface area contributed by atoms with E-state index >= 15 is 0 Å². The molecule has 1 N–H and O–H groups in total. The molecule has 1 aromatic rings. The fraction of sp³-hybridized carbons (Fsp3) is 0.636. The Kier molecular flexibility index (Phi) is 3.85. The van der Waals surface area contributed by atoms with Crippen LogP contribution in [-0.4, -0.2) is 47.5 Å². The topological polar surface area (TPSA) is 93.4 Å². The SMILES string of the molecule is C[C@@H]1CNCCN1S(=O)(=O)c1cn(C)c(=O)n(C)c1=O. The first-order valence-corrected chi connectivity index (χ1v) is 7.70. The molecule has 0 radical (unpaired) electrons. The highest BCUT2D eigenvalue weighted by atomic mass is 32.2. The molecule has 0 unspecified atom stereocenters. The maximum atomic E-state index is 12.6. The second-order valence-corrected chi connectivity index (χ2v) is 6.78. The van der Waals surface area contributed by atoms with Crippen molar-refractivity contribution in [2.75, 3.05) is 19.6 Å². The third-order valence-corrected chi connectivity index (χ3v) is 5.44. The van der Waals surface area contributed by atoms with Crippen LogP contribution in [-0.2, 0) is 24.1 Å². The molecule has 0 bridgehead atoms. The minimum absolute atomic E-state index is 0.240. The molecule has 0 spiro atoms. The van der Waals surface area contributed by atoms with Gasteiger partial charge in [-0.25, -0.2) is 13.2 Å². The molecule has 1 aliphatic rings. The van der Waals surface area contributed by atoms with Crippen molar-refractivity contribution in [2.45, 2.75) is 17.9 Å². The lowest BCUT2D eigenvalue weighted by Gasteiger charge is -2.32. The van der Waals surface area contributed by atoms with Crippen LogP contribution in [0.15, 0.2) is 20.7 Å². The van der Waals surface area contributed by atoms with Gasteiger partial charge in [0, 0.05) is 46.0 Å². The summed E-state index contributed by atoms with van der Waals surface area (Å²) in [5, 5.41) is 3.09. The zero-order valence-corrected chi connectivity index (χ0v) is 12.5. The van der Waals surface area contributed by atoms with Crippen LogP contribution in [0.3, 0.4) is 0 Å². The molecule has 8 nitrogen and oxygen atoms in total. The van der Waals surface area contributed by atoms with Gasteiger partial charge < -0.3 is 9.88 Å². The predicted molar refractivity (Wildman–Crippen MR) is 73.1 cm³/mol. The minimum atomic E-state index is -3.90. The van der Waals surface area contributed by atoms with E-state index in [1.807, 2.05) is 0 Å². The standard InChI is InChI=1S/C11H18N4O4S/c1-8-6-12-4-5-15(8)20(18,19)9-7-13(2)11(17)14(3)10(9)16/h7-8,12H,4-6H2,1-3H3/t8-/m1/s1. The van der Waals surface area contributed by atoms with Crippen LogP contribution in [0.4, 0.5) is 0 Å². The zero-order chi connectivity index (χ0) is 15.1. The minimum Gasteiger partial charge on any atom is -0.314 e. The smallest absolute Gasteiger partial charge is 0.314 e. The number of nitrogens with zero attached hydrogens (tertiary/aromatic N) is 3. The van der Waals surface area contributed by atoms with E-state index in [2.05, 4.69) is 5.32 Å². The highest BCUT2D eigenvalue weighted by Gasteiger charge is 2.33. The Bertz CT molecular complexity index is 734. The van der Waals surface area contributed by atoms with Gasteiger partial charge in [0.15, 0.2) is 4.90 Å². The van der Waals surface area contributed by atoms with Crippen molar-refractivity contribution in [2.24, 2.45) is 14.1 Å². The van der Waals surface area contributed by atoms with Crippen molar-refractivity contribution >= 4 is 10.0 Å². The maximum Gasteiger partial charge on any atom is 0.330 e. The molecule has 1 aromatic heterocycles.